The van der Waals surface area contributed by atoms with E-state index in [9.17, 15) is 9.59 Å². The first kappa shape index (κ1) is 16.8. The van der Waals surface area contributed by atoms with E-state index >= 15 is 0 Å². The van der Waals surface area contributed by atoms with Gasteiger partial charge in [-0.1, -0.05) is 6.07 Å². The van der Waals surface area contributed by atoms with E-state index in [-0.39, 0.29) is 17.2 Å². The van der Waals surface area contributed by atoms with Crippen LogP contribution in [0.1, 0.15) is 41.0 Å². The lowest BCUT2D eigenvalue weighted by atomic mass is 9.77. The molecule has 2 aromatic rings. The van der Waals surface area contributed by atoms with Gasteiger partial charge >= 0.3 is 0 Å². The first-order valence-corrected chi connectivity index (χ1v) is 9.07. The van der Waals surface area contributed by atoms with Crippen LogP contribution in [0.5, 0.6) is 0 Å². The van der Waals surface area contributed by atoms with Crippen LogP contribution in [0, 0.1) is 12.3 Å². The number of carbonyl (C=O) groups excluding carboxylic acids is 2. The highest BCUT2D eigenvalue weighted by Gasteiger charge is 2.45. The zero-order chi connectivity index (χ0) is 18.1. The van der Waals surface area contributed by atoms with E-state index in [2.05, 4.69) is 4.98 Å². The topological polar surface area (TPSA) is 66.7 Å². The molecule has 4 heterocycles. The fraction of sp³-hybridized carbons (Fsp3) is 0.450. The third kappa shape index (κ3) is 3.23. The van der Waals surface area contributed by atoms with Crippen molar-refractivity contribution in [2.45, 2.75) is 32.7 Å². The molecule has 2 aliphatic heterocycles. The van der Waals surface area contributed by atoms with Crippen molar-refractivity contribution in [3.8, 4) is 0 Å². The number of piperidine rings is 1. The maximum atomic E-state index is 12.5. The van der Waals surface area contributed by atoms with Crippen LogP contribution in [0.3, 0.4) is 0 Å². The highest BCUT2D eigenvalue weighted by molar-refractivity contribution is 5.93. The number of carbonyl (C=O) groups is 2. The van der Waals surface area contributed by atoms with Gasteiger partial charge < -0.3 is 14.2 Å². The van der Waals surface area contributed by atoms with Crippen LogP contribution >= 0.6 is 0 Å². The normalized spacial score (nSPS) is 19.3. The van der Waals surface area contributed by atoms with Gasteiger partial charge in [0.05, 0.1) is 24.1 Å². The molecule has 2 aliphatic rings. The Labute approximate surface area is 152 Å². The van der Waals surface area contributed by atoms with Crippen molar-refractivity contribution in [3.63, 3.8) is 0 Å². The van der Waals surface area contributed by atoms with Crippen molar-refractivity contribution < 1.29 is 14.0 Å². The molecule has 0 atom stereocenters. The maximum absolute atomic E-state index is 12.5. The lowest BCUT2D eigenvalue weighted by Gasteiger charge is -2.38. The van der Waals surface area contributed by atoms with E-state index in [0.717, 1.165) is 30.8 Å². The molecule has 26 heavy (non-hydrogen) atoms. The molecule has 0 bridgehead atoms. The van der Waals surface area contributed by atoms with Crippen LogP contribution in [-0.4, -0.2) is 46.2 Å². The lowest BCUT2D eigenvalue weighted by molar-refractivity contribution is -0.128. The highest BCUT2D eigenvalue weighted by Crippen LogP contribution is 2.41. The predicted molar refractivity (Wildman–Crippen MR) is 95.3 cm³/mol. The van der Waals surface area contributed by atoms with Gasteiger partial charge in [-0.2, -0.15) is 0 Å². The maximum Gasteiger partial charge on any atom is 0.257 e. The SMILES string of the molecule is Cc1cccc(CN2CC3(CCN(C(=O)c4ccoc4)CC3)CC2=O)n1. The molecule has 0 saturated carbocycles. The Morgan fingerprint density at radius 3 is 2.77 bits per heavy atom. The number of nitrogens with zero attached hydrogens (tertiary/aromatic N) is 3. The second-order valence-electron chi connectivity index (χ2n) is 7.50. The number of pyridine rings is 1. The summed E-state index contributed by atoms with van der Waals surface area (Å²) in [5, 5.41) is 0. The third-order valence-electron chi connectivity index (χ3n) is 5.58. The minimum absolute atomic E-state index is 0.00587. The predicted octanol–water partition coefficient (Wildman–Crippen LogP) is 2.64. The average molecular weight is 353 g/mol. The Bertz CT molecular complexity index is 807. The van der Waals surface area contributed by atoms with Crippen LogP contribution in [0.2, 0.25) is 0 Å². The molecule has 2 saturated heterocycles. The van der Waals surface area contributed by atoms with Crippen molar-refractivity contribution in [2.24, 2.45) is 5.41 Å². The van der Waals surface area contributed by atoms with Crippen molar-refractivity contribution >= 4 is 11.8 Å². The van der Waals surface area contributed by atoms with Gasteiger partial charge in [0.2, 0.25) is 5.91 Å². The van der Waals surface area contributed by atoms with Crippen molar-refractivity contribution in [1.82, 2.24) is 14.8 Å². The summed E-state index contributed by atoms with van der Waals surface area (Å²) in [6.45, 7) is 4.67. The molecule has 0 unspecified atom stereocenters. The number of hydrogen-bond acceptors (Lipinski definition) is 4. The van der Waals surface area contributed by atoms with E-state index < -0.39 is 0 Å². The Balaban J connectivity index is 1.38. The molecule has 1 spiro atoms. The molecule has 0 radical (unpaired) electrons. The number of hydrogen-bond donors (Lipinski definition) is 0. The molecule has 6 nitrogen and oxygen atoms in total. The third-order valence-corrected chi connectivity index (χ3v) is 5.58. The number of furan rings is 1. The smallest absolute Gasteiger partial charge is 0.257 e. The highest BCUT2D eigenvalue weighted by atomic mass is 16.3. The number of rotatable bonds is 3. The summed E-state index contributed by atoms with van der Waals surface area (Å²) >= 11 is 0. The van der Waals surface area contributed by atoms with Crippen LogP contribution in [-0.2, 0) is 11.3 Å². The molecule has 6 heteroatoms. The zero-order valence-electron chi connectivity index (χ0n) is 15.0. The second kappa shape index (κ2) is 6.59. The van der Waals surface area contributed by atoms with E-state index in [0.29, 0.717) is 31.6 Å². The summed E-state index contributed by atoms with van der Waals surface area (Å²) in [7, 11) is 0. The fourth-order valence-electron chi connectivity index (χ4n) is 4.10. The van der Waals surface area contributed by atoms with Crippen LogP contribution in [0.4, 0.5) is 0 Å². The summed E-state index contributed by atoms with van der Waals surface area (Å²) < 4.78 is 5.01. The number of likely N-dealkylation sites (tertiary alicyclic amines) is 2. The van der Waals surface area contributed by atoms with Gasteiger partial charge in [0.15, 0.2) is 0 Å². The van der Waals surface area contributed by atoms with Gasteiger partial charge in [0.1, 0.15) is 6.26 Å². The first-order chi connectivity index (χ1) is 12.5. The quantitative estimate of drug-likeness (QED) is 0.851. The Kier molecular flexibility index (Phi) is 4.26. The van der Waals surface area contributed by atoms with E-state index in [1.165, 1.54) is 12.5 Å². The summed E-state index contributed by atoms with van der Waals surface area (Å²) in [6.07, 6.45) is 5.31. The fourth-order valence-corrected chi connectivity index (χ4v) is 4.10. The minimum Gasteiger partial charge on any atom is -0.472 e. The van der Waals surface area contributed by atoms with Gasteiger partial charge in [-0.25, -0.2) is 0 Å². The van der Waals surface area contributed by atoms with Crippen molar-refractivity contribution in [3.05, 3.63) is 53.7 Å². The molecule has 2 fully saturated rings. The van der Waals surface area contributed by atoms with E-state index in [1.807, 2.05) is 34.9 Å². The first-order valence-electron chi connectivity index (χ1n) is 9.07. The molecule has 4 rings (SSSR count). The van der Waals surface area contributed by atoms with Gasteiger partial charge in [0.25, 0.3) is 5.91 Å². The molecule has 2 aromatic heterocycles. The summed E-state index contributed by atoms with van der Waals surface area (Å²) in [5.41, 5.74) is 2.49. The van der Waals surface area contributed by atoms with Crippen molar-refractivity contribution in [1.29, 1.82) is 0 Å². The Morgan fingerprint density at radius 2 is 2.08 bits per heavy atom. The van der Waals surface area contributed by atoms with Crippen LogP contribution in [0.25, 0.3) is 0 Å². The minimum atomic E-state index is -0.00587. The van der Waals surface area contributed by atoms with Gasteiger partial charge in [0, 0.05) is 37.2 Å². The summed E-state index contributed by atoms with van der Waals surface area (Å²) in [4.78, 5) is 33.3. The Hall–Kier alpha value is -2.63. The largest absolute Gasteiger partial charge is 0.472 e. The summed E-state index contributed by atoms with van der Waals surface area (Å²) in [5.74, 6) is 0.210. The Morgan fingerprint density at radius 1 is 1.27 bits per heavy atom. The molecular formula is C20H23N3O3. The number of amides is 2. The van der Waals surface area contributed by atoms with Gasteiger partial charge in [-0.3, -0.25) is 14.6 Å². The van der Waals surface area contributed by atoms with Crippen LogP contribution < -0.4 is 0 Å². The molecule has 136 valence electrons. The molecule has 0 N–H and O–H groups in total. The van der Waals surface area contributed by atoms with E-state index in [4.69, 9.17) is 4.42 Å². The molecule has 0 aromatic carbocycles. The van der Waals surface area contributed by atoms with Crippen LogP contribution in [0.15, 0.2) is 41.2 Å². The number of aryl methyl sites for hydroxylation is 1. The van der Waals surface area contributed by atoms with Gasteiger partial charge in [-0.05, 0) is 38.0 Å². The molecule has 2 amide bonds. The van der Waals surface area contributed by atoms with Crippen molar-refractivity contribution in [2.75, 3.05) is 19.6 Å². The standard InChI is InChI=1S/C20H23N3O3/c1-15-3-2-4-17(21-15)12-23-14-20(11-18(23)24)6-8-22(9-7-20)19(25)16-5-10-26-13-16/h2-5,10,13H,6-9,11-12,14H2,1H3. The zero-order valence-corrected chi connectivity index (χ0v) is 15.0. The number of aromatic nitrogens is 1. The average Bonchev–Trinajstić information content (AvgIpc) is 3.24. The van der Waals surface area contributed by atoms with E-state index in [1.54, 1.807) is 6.07 Å². The monoisotopic (exact) mass is 353 g/mol. The second-order valence-corrected chi connectivity index (χ2v) is 7.50. The lowest BCUT2D eigenvalue weighted by Crippen LogP contribution is -2.44. The molecule has 0 aliphatic carbocycles. The molecular weight excluding hydrogens is 330 g/mol. The summed E-state index contributed by atoms with van der Waals surface area (Å²) in [6, 6.07) is 7.61. The van der Waals surface area contributed by atoms with Gasteiger partial charge in [-0.15, -0.1) is 0 Å².